The molecule has 2 bridgehead atoms. The van der Waals surface area contributed by atoms with Crippen molar-refractivity contribution in [2.24, 2.45) is 11.8 Å². The zero-order valence-electron chi connectivity index (χ0n) is 15.5. The van der Waals surface area contributed by atoms with Crippen LogP contribution in [0.3, 0.4) is 0 Å². The summed E-state index contributed by atoms with van der Waals surface area (Å²) in [4.78, 5) is 12.8. The molecule has 2 fully saturated rings. The quantitative estimate of drug-likeness (QED) is 0.874. The van der Waals surface area contributed by atoms with Gasteiger partial charge in [0, 0.05) is 6.04 Å². The Balaban J connectivity index is 1.82. The number of anilines is 1. The minimum absolute atomic E-state index is 0.203. The van der Waals surface area contributed by atoms with Crippen molar-refractivity contribution in [3.05, 3.63) is 29.3 Å². The molecule has 1 aromatic carbocycles. The molecule has 0 saturated heterocycles. The molecule has 4 atom stereocenters. The number of amides is 1. The molecule has 0 spiro atoms. The third kappa shape index (κ3) is 3.84. The first kappa shape index (κ1) is 18.2. The Morgan fingerprint density at radius 1 is 1.16 bits per heavy atom. The van der Waals surface area contributed by atoms with E-state index in [0.717, 1.165) is 29.7 Å². The highest BCUT2D eigenvalue weighted by molar-refractivity contribution is 7.92. The number of nitrogens with one attached hydrogen (secondary N) is 1. The van der Waals surface area contributed by atoms with Crippen LogP contribution in [-0.2, 0) is 14.8 Å². The summed E-state index contributed by atoms with van der Waals surface area (Å²) in [7, 11) is -3.57. The highest BCUT2D eigenvalue weighted by Crippen LogP contribution is 2.44. The van der Waals surface area contributed by atoms with E-state index in [0.29, 0.717) is 11.6 Å². The molecule has 1 aromatic rings. The summed E-state index contributed by atoms with van der Waals surface area (Å²) < 4.78 is 26.1. The van der Waals surface area contributed by atoms with E-state index in [1.165, 1.54) is 23.6 Å². The lowest BCUT2D eigenvalue weighted by molar-refractivity contribution is -0.122. The maximum Gasteiger partial charge on any atom is 0.243 e. The molecular formula is C19H28N2O3S. The number of fused-ring (bicyclic) bond motifs is 2. The second-order valence-corrected chi connectivity index (χ2v) is 9.73. The zero-order valence-corrected chi connectivity index (χ0v) is 16.3. The van der Waals surface area contributed by atoms with Crippen molar-refractivity contribution >= 4 is 21.6 Å². The second kappa shape index (κ2) is 6.63. The van der Waals surface area contributed by atoms with Crippen molar-refractivity contribution in [1.29, 1.82) is 0 Å². The molecule has 1 N–H and O–H groups in total. The second-order valence-electron chi connectivity index (χ2n) is 7.87. The van der Waals surface area contributed by atoms with Crippen molar-refractivity contribution in [2.45, 2.75) is 58.5 Å². The molecule has 138 valence electrons. The Morgan fingerprint density at radius 3 is 2.28 bits per heavy atom. The number of benzene rings is 1. The van der Waals surface area contributed by atoms with E-state index in [1.54, 1.807) is 6.92 Å². The molecule has 3 rings (SSSR count). The van der Waals surface area contributed by atoms with Crippen LogP contribution in [0.1, 0.15) is 43.7 Å². The molecule has 0 radical (unpaired) electrons. The standard InChI is InChI=1S/C19H28N2O3S/c1-12-7-13(2)9-17(8-12)21(25(4,23)24)14(3)19(22)20-18-11-15-5-6-16(18)10-15/h7-9,14-16,18H,5-6,10-11H2,1-4H3,(H,20,22)/t14-,15+,16+,18+/m0/s1. The van der Waals surface area contributed by atoms with E-state index in [2.05, 4.69) is 5.32 Å². The first-order valence-electron chi connectivity index (χ1n) is 9.03. The van der Waals surface area contributed by atoms with E-state index in [4.69, 9.17) is 0 Å². The van der Waals surface area contributed by atoms with Gasteiger partial charge in [0.2, 0.25) is 15.9 Å². The van der Waals surface area contributed by atoms with Gasteiger partial charge in [-0.1, -0.05) is 12.5 Å². The molecule has 0 unspecified atom stereocenters. The maximum atomic E-state index is 12.8. The lowest BCUT2D eigenvalue weighted by Gasteiger charge is -2.31. The van der Waals surface area contributed by atoms with E-state index in [-0.39, 0.29) is 11.9 Å². The largest absolute Gasteiger partial charge is 0.351 e. The van der Waals surface area contributed by atoms with Crippen molar-refractivity contribution in [3.8, 4) is 0 Å². The number of aryl methyl sites for hydroxylation is 2. The highest BCUT2D eigenvalue weighted by atomic mass is 32.2. The number of hydrogen-bond acceptors (Lipinski definition) is 3. The van der Waals surface area contributed by atoms with Crippen molar-refractivity contribution in [3.63, 3.8) is 0 Å². The zero-order chi connectivity index (χ0) is 18.4. The van der Waals surface area contributed by atoms with Gasteiger partial charge in [-0.15, -0.1) is 0 Å². The molecule has 2 aliphatic carbocycles. The molecular weight excluding hydrogens is 336 g/mol. The molecule has 0 aromatic heterocycles. The van der Waals surface area contributed by atoms with Gasteiger partial charge in [-0.05, 0) is 75.1 Å². The monoisotopic (exact) mass is 364 g/mol. The van der Waals surface area contributed by atoms with Gasteiger partial charge in [0.25, 0.3) is 0 Å². The summed E-state index contributed by atoms with van der Waals surface area (Å²) in [6, 6.07) is 5.05. The Bertz CT molecular complexity index is 755. The van der Waals surface area contributed by atoms with Crippen LogP contribution in [0.4, 0.5) is 5.69 Å². The van der Waals surface area contributed by atoms with E-state index in [1.807, 2.05) is 32.0 Å². The fourth-order valence-electron chi connectivity index (χ4n) is 4.61. The number of sulfonamides is 1. The SMILES string of the molecule is Cc1cc(C)cc(N([C@@H](C)C(=O)N[C@@H]2C[C@@H]3CC[C@@H]2C3)S(C)(=O)=O)c1. The predicted molar refractivity (Wildman–Crippen MR) is 100 cm³/mol. The summed E-state index contributed by atoms with van der Waals surface area (Å²) in [5.74, 6) is 1.09. The minimum atomic E-state index is -3.57. The maximum absolute atomic E-state index is 12.8. The molecule has 6 heteroatoms. The molecule has 5 nitrogen and oxygen atoms in total. The molecule has 2 aliphatic rings. The summed E-state index contributed by atoms with van der Waals surface area (Å²) >= 11 is 0. The van der Waals surface area contributed by atoms with Gasteiger partial charge in [0.15, 0.2) is 0 Å². The van der Waals surface area contributed by atoms with Crippen LogP contribution in [0.2, 0.25) is 0 Å². The number of carbonyl (C=O) groups excluding carboxylic acids is 1. The smallest absolute Gasteiger partial charge is 0.243 e. The highest BCUT2D eigenvalue weighted by Gasteiger charge is 2.41. The third-order valence-corrected chi connectivity index (χ3v) is 6.86. The van der Waals surface area contributed by atoms with Crippen molar-refractivity contribution in [1.82, 2.24) is 5.32 Å². The van der Waals surface area contributed by atoms with E-state index < -0.39 is 16.1 Å². The van der Waals surface area contributed by atoms with E-state index in [9.17, 15) is 13.2 Å². The Kier molecular flexibility index (Phi) is 4.84. The molecule has 1 amide bonds. The van der Waals surface area contributed by atoms with Crippen LogP contribution in [0.15, 0.2) is 18.2 Å². The van der Waals surface area contributed by atoms with Crippen LogP contribution in [0, 0.1) is 25.7 Å². The first-order valence-corrected chi connectivity index (χ1v) is 10.9. The number of rotatable bonds is 5. The lowest BCUT2D eigenvalue weighted by atomic mass is 9.95. The molecule has 2 saturated carbocycles. The fourth-order valence-corrected chi connectivity index (χ4v) is 5.77. The first-order chi connectivity index (χ1) is 11.6. The minimum Gasteiger partial charge on any atom is -0.351 e. The Labute approximate surface area is 150 Å². The van der Waals surface area contributed by atoms with Gasteiger partial charge in [-0.3, -0.25) is 9.10 Å². The van der Waals surface area contributed by atoms with Gasteiger partial charge >= 0.3 is 0 Å². The Hall–Kier alpha value is -1.56. The average molecular weight is 365 g/mol. The molecule has 0 heterocycles. The lowest BCUT2D eigenvalue weighted by Crippen LogP contribution is -2.51. The number of nitrogens with zero attached hydrogens (tertiary/aromatic N) is 1. The van der Waals surface area contributed by atoms with Crippen molar-refractivity contribution in [2.75, 3.05) is 10.6 Å². The molecule has 25 heavy (non-hydrogen) atoms. The van der Waals surface area contributed by atoms with Gasteiger partial charge in [0.05, 0.1) is 11.9 Å². The van der Waals surface area contributed by atoms with Crippen LogP contribution < -0.4 is 9.62 Å². The van der Waals surface area contributed by atoms with Gasteiger partial charge in [-0.2, -0.15) is 0 Å². The number of carbonyl (C=O) groups is 1. The fraction of sp³-hybridized carbons (Fsp3) is 0.632. The summed E-state index contributed by atoms with van der Waals surface area (Å²) in [6.45, 7) is 5.52. The van der Waals surface area contributed by atoms with Crippen LogP contribution in [-0.4, -0.2) is 32.7 Å². The average Bonchev–Trinajstić information content (AvgIpc) is 3.07. The van der Waals surface area contributed by atoms with Crippen molar-refractivity contribution < 1.29 is 13.2 Å². The van der Waals surface area contributed by atoms with Gasteiger partial charge in [-0.25, -0.2) is 8.42 Å². The van der Waals surface area contributed by atoms with Gasteiger partial charge in [0.1, 0.15) is 6.04 Å². The molecule has 0 aliphatic heterocycles. The summed E-state index contributed by atoms with van der Waals surface area (Å²) in [6.07, 6.45) is 5.84. The normalized spacial score (nSPS) is 26.5. The van der Waals surface area contributed by atoms with Gasteiger partial charge < -0.3 is 5.32 Å². The van der Waals surface area contributed by atoms with Crippen LogP contribution >= 0.6 is 0 Å². The topological polar surface area (TPSA) is 66.5 Å². The summed E-state index contributed by atoms with van der Waals surface area (Å²) in [5, 5.41) is 3.12. The number of hydrogen-bond donors (Lipinski definition) is 1. The Morgan fingerprint density at radius 2 is 1.80 bits per heavy atom. The van der Waals surface area contributed by atoms with Crippen LogP contribution in [0.25, 0.3) is 0 Å². The van der Waals surface area contributed by atoms with Crippen LogP contribution in [0.5, 0.6) is 0 Å². The summed E-state index contributed by atoms with van der Waals surface area (Å²) in [5.41, 5.74) is 2.50. The van der Waals surface area contributed by atoms with E-state index >= 15 is 0 Å². The third-order valence-electron chi connectivity index (χ3n) is 5.62. The predicted octanol–water partition coefficient (Wildman–Crippen LogP) is 2.76.